The summed E-state index contributed by atoms with van der Waals surface area (Å²) in [5.74, 6) is -0.768. The first-order valence-corrected chi connectivity index (χ1v) is 12.5. The van der Waals surface area contributed by atoms with Gasteiger partial charge in [0, 0.05) is 24.7 Å². The molecule has 1 saturated carbocycles. The fraction of sp³-hybridized carbons (Fsp3) is 0.833. The zero-order valence-corrected chi connectivity index (χ0v) is 20.7. The number of urea groups is 1. The van der Waals surface area contributed by atoms with Crippen molar-refractivity contribution < 1.29 is 38.3 Å². The Morgan fingerprint density at radius 1 is 1.21 bits per heavy atom. The number of hydrogen-bond acceptors (Lipinski definition) is 7. The van der Waals surface area contributed by atoms with Crippen molar-refractivity contribution in [3.8, 4) is 0 Å². The predicted molar refractivity (Wildman–Crippen MR) is 121 cm³/mol. The first-order chi connectivity index (χ1) is 16.1. The van der Waals surface area contributed by atoms with E-state index in [0.29, 0.717) is 49.9 Å². The van der Waals surface area contributed by atoms with E-state index in [0.717, 1.165) is 25.7 Å². The average molecular weight is 483 g/mol. The highest BCUT2D eigenvalue weighted by molar-refractivity contribution is 5.94. The highest BCUT2D eigenvalue weighted by Crippen LogP contribution is 2.44. The zero-order valence-electron chi connectivity index (χ0n) is 20.7. The summed E-state index contributed by atoms with van der Waals surface area (Å²) in [5, 5.41) is 12.8. The van der Waals surface area contributed by atoms with E-state index in [1.807, 2.05) is 20.8 Å². The molecule has 0 aromatic carbocycles. The molecule has 2 saturated heterocycles. The number of likely N-dealkylation sites (tertiary alicyclic amines) is 1. The van der Waals surface area contributed by atoms with E-state index >= 15 is 0 Å². The summed E-state index contributed by atoms with van der Waals surface area (Å²) in [7, 11) is 0. The molecular weight excluding hydrogens is 442 g/mol. The molecule has 2 heterocycles. The smallest absolute Gasteiger partial charge is 0.433 e. The lowest BCUT2D eigenvalue weighted by molar-refractivity contribution is -0.791. The van der Waals surface area contributed by atoms with Crippen LogP contribution in [0.4, 0.5) is 9.59 Å². The van der Waals surface area contributed by atoms with Crippen molar-refractivity contribution in [2.75, 3.05) is 26.3 Å². The molecule has 0 aromatic rings. The van der Waals surface area contributed by atoms with E-state index < -0.39 is 28.6 Å². The number of rotatable bonds is 7. The molecule has 34 heavy (non-hydrogen) atoms. The Hall–Kier alpha value is -2.04. The van der Waals surface area contributed by atoms with Crippen molar-refractivity contribution in [2.45, 2.75) is 84.3 Å². The molecule has 2 N–H and O–H groups in total. The van der Waals surface area contributed by atoms with Crippen LogP contribution in [0.5, 0.6) is 0 Å². The Balaban J connectivity index is 1.83. The summed E-state index contributed by atoms with van der Waals surface area (Å²) in [4.78, 5) is 51.5. The second-order valence-corrected chi connectivity index (χ2v) is 10.8. The number of carbonyl (C=O) groups excluding carboxylic acids is 4. The van der Waals surface area contributed by atoms with E-state index in [4.69, 9.17) is 9.47 Å². The largest absolute Gasteiger partial charge is 0.446 e. The number of nitrogens with zero attached hydrogens (tertiary/aromatic N) is 2. The van der Waals surface area contributed by atoms with Crippen LogP contribution in [0.3, 0.4) is 0 Å². The van der Waals surface area contributed by atoms with Crippen LogP contribution in [0.1, 0.15) is 72.1 Å². The normalized spacial score (nSPS) is 28.3. The molecule has 1 unspecified atom stereocenters. The summed E-state index contributed by atoms with van der Waals surface area (Å²) in [6.45, 7) is 6.93. The Bertz CT molecular complexity index is 762. The van der Waals surface area contributed by atoms with Crippen LogP contribution < -0.4 is 5.32 Å². The maximum Gasteiger partial charge on any atom is 0.433 e. The molecule has 0 radical (unpaired) electrons. The number of amides is 5. The maximum absolute atomic E-state index is 14.1. The van der Waals surface area contributed by atoms with Crippen LogP contribution >= 0.6 is 0 Å². The second-order valence-electron chi connectivity index (χ2n) is 10.8. The quantitative estimate of drug-likeness (QED) is 0.247. The Labute approximate surface area is 201 Å². The summed E-state index contributed by atoms with van der Waals surface area (Å²) in [5.41, 5.74) is -0.320. The number of imide groups is 2. The Morgan fingerprint density at radius 3 is 2.41 bits per heavy atom. The molecule has 3 atom stereocenters. The number of hydrogen-bond donors (Lipinski definition) is 2. The van der Waals surface area contributed by atoms with Gasteiger partial charge in [0.1, 0.15) is 12.1 Å². The lowest BCUT2D eigenvalue weighted by Crippen LogP contribution is -2.67. The minimum absolute atomic E-state index is 0.175. The first-order valence-electron chi connectivity index (χ1n) is 12.5. The van der Waals surface area contributed by atoms with Gasteiger partial charge in [-0.3, -0.25) is 10.0 Å². The third-order valence-corrected chi connectivity index (χ3v) is 8.28. The number of alkyl carbamates (subject to hydrolysis) is 1. The summed E-state index contributed by atoms with van der Waals surface area (Å²) in [6.07, 6.45) is 5.48. The fourth-order valence-electron chi connectivity index (χ4n) is 5.80. The van der Waals surface area contributed by atoms with Crippen molar-refractivity contribution in [3.05, 3.63) is 0 Å². The second kappa shape index (κ2) is 11.1. The molecular formula is C24H40N3O7+. The van der Waals surface area contributed by atoms with Gasteiger partial charge in [-0.25, -0.2) is 24.8 Å². The number of quaternary nitrogens is 1. The SMILES string of the molecule is C[C@@H]1C(C)(C)CC[N+]1(C(=O)NC(=O)OC1CCOCC1)C(=O)[C@H](CC1CCCC1)CN(O)C=O. The lowest BCUT2D eigenvalue weighted by atomic mass is 9.84. The highest BCUT2D eigenvalue weighted by atomic mass is 16.6. The Morgan fingerprint density at radius 2 is 1.85 bits per heavy atom. The van der Waals surface area contributed by atoms with Crippen LogP contribution in [0.2, 0.25) is 0 Å². The first kappa shape index (κ1) is 26.6. The van der Waals surface area contributed by atoms with E-state index in [1.54, 1.807) is 0 Å². The van der Waals surface area contributed by atoms with Crippen LogP contribution in [0.15, 0.2) is 0 Å². The number of carbonyl (C=O) groups is 4. The number of hydroxylamine groups is 2. The molecule has 3 rings (SSSR count). The summed E-state index contributed by atoms with van der Waals surface area (Å²) in [6, 6.07) is -1.10. The topological polar surface area (TPSA) is 122 Å². The van der Waals surface area contributed by atoms with Gasteiger partial charge >= 0.3 is 18.0 Å². The number of nitrogens with one attached hydrogen (secondary N) is 1. The lowest BCUT2D eigenvalue weighted by Gasteiger charge is -2.38. The molecule has 2 aliphatic heterocycles. The third-order valence-electron chi connectivity index (χ3n) is 8.28. The van der Waals surface area contributed by atoms with Crippen molar-refractivity contribution in [1.82, 2.24) is 10.4 Å². The van der Waals surface area contributed by atoms with Gasteiger partial charge in [0.25, 0.3) is 0 Å². The van der Waals surface area contributed by atoms with E-state index in [9.17, 15) is 24.4 Å². The Kier molecular flexibility index (Phi) is 8.70. The van der Waals surface area contributed by atoms with Crippen molar-refractivity contribution in [1.29, 1.82) is 0 Å². The van der Waals surface area contributed by atoms with Crippen LogP contribution in [-0.2, 0) is 19.1 Å². The average Bonchev–Trinajstić information content (AvgIpc) is 3.40. The molecule has 1 aliphatic carbocycles. The van der Waals surface area contributed by atoms with Crippen LogP contribution in [-0.4, -0.2) is 77.6 Å². The van der Waals surface area contributed by atoms with Gasteiger partial charge in [-0.1, -0.05) is 39.5 Å². The maximum atomic E-state index is 14.1. The van der Waals surface area contributed by atoms with Gasteiger partial charge in [-0.2, -0.15) is 4.48 Å². The zero-order chi connectivity index (χ0) is 24.9. The molecule has 0 bridgehead atoms. The third kappa shape index (κ3) is 5.78. The molecule has 0 spiro atoms. The van der Waals surface area contributed by atoms with Gasteiger partial charge in [-0.05, 0) is 19.3 Å². The molecule has 10 heteroatoms. The van der Waals surface area contributed by atoms with Crippen LogP contribution in [0.25, 0.3) is 0 Å². The van der Waals surface area contributed by atoms with Gasteiger partial charge in [0.2, 0.25) is 6.41 Å². The minimum atomic E-state index is -0.858. The van der Waals surface area contributed by atoms with Gasteiger partial charge in [0.15, 0.2) is 0 Å². The van der Waals surface area contributed by atoms with Crippen molar-refractivity contribution in [3.63, 3.8) is 0 Å². The monoisotopic (exact) mass is 482 g/mol. The highest BCUT2D eigenvalue weighted by Gasteiger charge is 2.61. The molecule has 192 valence electrons. The van der Waals surface area contributed by atoms with Crippen molar-refractivity contribution >= 4 is 24.4 Å². The summed E-state index contributed by atoms with van der Waals surface area (Å²) < 4.78 is 10.1. The minimum Gasteiger partial charge on any atom is -0.446 e. The van der Waals surface area contributed by atoms with E-state index in [2.05, 4.69) is 5.32 Å². The van der Waals surface area contributed by atoms with Crippen molar-refractivity contribution in [2.24, 2.45) is 17.3 Å². The van der Waals surface area contributed by atoms with E-state index in [1.165, 1.54) is 0 Å². The molecule has 0 aromatic heterocycles. The molecule has 3 fully saturated rings. The van der Waals surface area contributed by atoms with Crippen LogP contribution in [0, 0.1) is 17.3 Å². The van der Waals surface area contributed by atoms with Gasteiger partial charge < -0.3 is 9.47 Å². The van der Waals surface area contributed by atoms with Gasteiger partial charge in [0.05, 0.1) is 32.2 Å². The molecule has 5 amide bonds. The van der Waals surface area contributed by atoms with E-state index in [-0.39, 0.29) is 36.9 Å². The standard InChI is InChI=1S/C24H39N3O7/c1-17-24(2,3)10-11-27(17,22(30)25-23(31)34-20-8-12-33-13-9-20)21(29)19(15-26(32)16-28)14-18-6-4-5-7-18/h16-20,32H,4-15H2,1-3H3/p+1/t17-,19-,27?/m1/s1. The number of ether oxygens (including phenoxy) is 2. The molecule has 10 nitrogen and oxygen atoms in total. The fourth-order valence-corrected chi connectivity index (χ4v) is 5.80. The van der Waals surface area contributed by atoms with Gasteiger partial charge in [-0.15, -0.1) is 0 Å². The molecule has 3 aliphatic rings. The summed E-state index contributed by atoms with van der Waals surface area (Å²) >= 11 is 0. The predicted octanol–water partition coefficient (Wildman–Crippen LogP) is 3.22.